The zero-order valence-electron chi connectivity index (χ0n) is 6.52. The van der Waals surface area contributed by atoms with Crippen LogP contribution in [0.1, 0.15) is 12.8 Å². The predicted octanol–water partition coefficient (Wildman–Crippen LogP) is 0.175. The maximum absolute atomic E-state index is 11.4. The van der Waals surface area contributed by atoms with E-state index in [9.17, 15) is 4.79 Å². The molecular formula is C6H5N5OS. The Hall–Kier alpha value is -1.55. The zero-order valence-corrected chi connectivity index (χ0v) is 7.34. The minimum absolute atomic E-state index is 0.298. The Labute approximate surface area is 77.7 Å². The summed E-state index contributed by atoms with van der Waals surface area (Å²) in [7, 11) is 0. The monoisotopic (exact) mass is 195 g/mol. The molecule has 0 radical (unpaired) electrons. The van der Waals surface area contributed by atoms with Gasteiger partial charge in [0.25, 0.3) is 0 Å². The van der Waals surface area contributed by atoms with Gasteiger partial charge in [-0.05, 0) is 18.1 Å². The minimum Gasteiger partial charge on any atom is -0.298 e. The zero-order chi connectivity index (χ0) is 9.31. The first-order valence-corrected chi connectivity index (χ1v) is 4.42. The molecular weight excluding hydrogens is 190 g/mol. The number of nitriles is 1. The number of amides is 1. The summed E-state index contributed by atoms with van der Waals surface area (Å²) in [5.41, 5.74) is -0.814. The van der Waals surface area contributed by atoms with E-state index in [-0.39, 0.29) is 5.91 Å². The van der Waals surface area contributed by atoms with Gasteiger partial charge in [-0.2, -0.15) is 5.26 Å². The summed E-state index contributed by atoms with van der Waals surface area (Å²) < 4.78 is 3.49. The van der Waals surface area contributed by atoms with Gasteiger partial charge in [0.05, 0.1) is 6.07 Å². The van der Waals surface area contributed by atoms with Gasteiger partial charge in [0, 0.05) is 11.5 Å². The van der Waals surface area contributed by atoms with Gasteiger partial charge in [0.2, 0.25) is 11.0 Å². The first-order chi connectivity index (χ1) is 6.27. The fourth-order valence-corrected chi connectivity index (χ4v) is 1.28. The molecule has 1 fully saturated rings. The van der Waals surface area contributed by atoms with Gasteiger partial charge >= 0.3 is 0 Å². The maximum Gasteiger partial charge on any atom is 0.246 e. The van der Waals surface area contributed by atoms with Crippen molar-refractivity contribution in [2.24, 2.45) is 5.41 Å². The van der Waals surface area contributed by atoms with E-state index in [1.54, 1.807) is 0 Å². The van der Waals surface area contributed by atoms with Gasteiger partial charge in [0.15, 0.2) is 0 Å². The lowest BCUT2D eigenvalue weighted by Gasteiger charge is -2.02. The Morgan fingerprint density at radius 2 is 2.46 bits per heavy atom. The topological polar surface area (TPSA) is 91.6 Å². The summed E-state index contributed by atoms with van der Waals surface area (Å²) in [5.74, 6) is -0.298. The van der Waals surface area contributed by atoms with E-state index in [2.05, 4.69) is 20.1 Å². The average Bonchev–Trinajstić information content (AvgIpc) is 2.79. The first-order valence-electron chi connectivity index (χ1n) is 3.65. The molecule has 0 unspecified atom stereocenters. The molecule has 1 aromatic rings. The van der Waals surface area contributed by atoms with Crippen LogP contribution in [0.4, 0.5) is 5.13 Å². The van der Waals surface area contributed by atoms with Gasteiger partial charge in [-0.3, -0.25) is 10.1 Å². The number of carbonyl (C=O) groups is 1. The summed E-state index contributed by atoms with van der Waals surface area (Å²) in [6, 6.07) is 1.99. The number of hydrogen-bond acceptors (Lipinski definition) is 6. The second-order valence-electron chi connectivity index (χ2n) is 2.82. The highest BCUT2D eigenvalue weighted by Crippen LogP contribution is 2.45. The highest BCUT2D eigenvalue weighted by Gasteiger charge is 2.50. The minimum atomic E-state index is -0.814. The average molecular weight is 195 g/mol. The number of rotatable bonds is 2. The largest absolute Gasteiger partial charge is 0.298 e. The Morgan fingerprint density at radius 3 is 2.92 bits per heavy atom. The lowest BCUT2D eigenvalue weighted by molar-refractivity contribution is -0.119. The molecule has 7 heteroatoms. The summed E-state index contributed by atoms with van der Waals surface area (Å²) in [6.45, 7) is 0. The third-order valence-electron chi connectivity index (χ3n) is 1.92. The molecule has 0 bridgehead atoms. The molecule has 1 aliphatic carbocycles. The van der Waals surface area contributed by atoms with E-state index in [4.69, 9.17) is 5.26 Å². The third-order valence-corrected chi connectivity index (χ3v) is 2.43. The van der Waals surface area contributed by atoms with Crippen molar-refractivity contribution in [1.29, 1.82) is 5.26 Å². The van der Waals surface area contributed by atoms with E-state index >= 15 is 0 Å². The fraction of sp³-hybridized carbons (Fsp3) is 0.500. The number of nitrogens with zero attached hydrogens (tertiary/aromatic N) is 4. The molecule has 1 N–H and O–H groups in total. The molecule has 2 rings (SSSR count). The number of nitrogens with one attached hydrogen (secondary N) is 1. The molecule has 66 valence electrons. The maximum atomic E-state index is 11.4. The SMILES string of the molecule is N#CC1(C(=O)Nc2nnns2)CC1. The van der Waals surface area contributed by atoms with E-state index in [1.807, 2.05) is 6.07 Å². The van der Waals surface area contributed by atoms with E-state index in [0.717, 1.165) is 11.5 Å². The van der Waals surface area contributed by atoms with Crippen molar-refractivity contribution in [1.82, 2.24) is 14.8 Å². The standard InChI is InChI=1S/C6H5N5OS/c7-3-6(1-2-6)4(12)8-5-9-10-11-13-5/h1-2H2,(H,8,9,11,12). The molecule has 0 saturated heterocycles. The Morgan fingerprint density at radius 1 is 1.69 bits per heavy atom. The molecule has 1 heterocycles. The van der Waals surface area contributed by atoms with E-state index in [1.165, 1.54) is 0 Å². The Kier molecular flexibility index (Phi) is 1.70. The molecule has 0 aromatic carbocycles. The van der Waals surface area contributed by atoms with Crippen LogP contribution in [0.15, 0.2) is 0 Å². The van der Waals surface area contributed by atoms with Crippen molar-refractivity contribution in [3.63, 3.8) is 0 Å². The van der Waals surface area contributed by atoms with Gasteiger partial charge in [0.1, 0.15) is 5.41 Å². The second kappa shape index (κ2) is 2.74. The van der Waals surface area contributed by atoms with Gasteiger partial charge in [-0.1, -0.05) is 9.59 Å². The number of carbonyl (C=O) groups excluding carboxylic acids is 1. The summed E-state index contributed by atoms with van der Waals surface area (Å²) in [6.07, 6.45) is 1.25. The highest BCUT2D eigenvalue weighted by atomic mass is 32.1. The second-order valence-corrected chi connectivity index (χ2v) is 3.55. The smallest absolute Gasteiger partial charge is 0.246 e. The van der Waals surface area contributed by atoms with Gasteiger partial charge in [-0.15, -0.1) is 0 Å². The van der Waals surface area contributed by atoms with Crippen molar-refractivity contribution < 1.29 is 4.79 Å². The van der Waals surface area contributed by atoms with Crippen molar-refractivity contribution in [2.75, 3.05) is 5.32 Å². The van der Waals surface area contributed by atoms with Crippen molar-refractivity contribution in [3.05, 3.63) is 0 Å². The molecule has 1 aliphatic rings. The molecule has 1 amide bonds. The van der Waals surface area contributed by atoms with Crippen LogP contribution in [-0.2, 0) is 4.79 Å². The molecule has 0 spiro atoms. The summed E-state index contributed by atoms with van der Waals surface area (Å²) in [5, 5.41) is 18.4. The van der Waals surface area contributed by atoms with Gasteiger partial charge < -0.3 is 0 Å². The van der Waals surface area contributed by atoms with Crippen molar-refractivity contribution >= 4 is 22.6 Å². The van der Waals surface area contributed by atoms with E-state index < -0.39 is 5.41 Å². The van der Waals surface area contributed by atoms with Crippen LogP contribution in [0.2, 0.25) is 0 Å². The summed E-state index contributed by atoms with van der Waals surface area (Å²) in [4.78, 5) is 11.4. The Bertz CT molecular complexity index is 363. The van der Waals surface area contributed by atoms with Crippen LogP contribution in [-0.4, -0.2) is 20.7 Å². The van der Waals surface area contributed by atoms with Crippen LogP contribution in [0.25, 0.3) is 0 Å². The van der Waals surface area contributed by atoms with Crippen LogP contribution >= 0.6 is 11.5 Å². The highest BCUT2D eigenvalue weighted by molar-refractivity contribution is 7.09. The van der Waals surface area contributed by atoms with Crippen LogP contribution in [0.3, 0.4) is 0 Å². The van der Waals surface area contributed by atoms with E-state index in [0.29, 0.717) is 18.0 Å². The lowest BCUT2D eigenvalue weighted by Crippen LogP contribution is -2.22. The normalized spacial score (nSPS) is 17.5. The Balaban J connectivity index is 2.05. The third kappa shape index (κ3) is 1.36. The van der Waals surface area contributed by atoms with Crippen molar-refractivity contribution in [3.8, 4) is 6.07 Å². The lowest BCUT2D eigenvalue weighted by atomic mass is 10.1. The number of hydrogen-bond donors (Lipinski definition) is 1. The van der Waals surface area contributed by atoms with Crippen LogP contribution in [0.5, 0.6) is 0 Å². The molecule has 6 nitrogen and oxygen atoms in total. The number of aromatic nitrogens is 3. The quantitative estimate of drug-likeness (QED) is 0.726. The number of anilines is 1. The molecule has 1 saturated carbocycles. The van der Waals surface area contributed by atoms with Crippen LogP contribution in [0, 0.1) is 16.7 Å². The molecule has 0 aliphatic heterocycles. The predicted molar refractivity (Wildman–Crippen MR) is 43.6 cm³/mol. The molecule has 1 aromatic heterocycles. The first kappa shape index (κ1) is 8.07. The van der Waals surface area contributed by atoms with Gasteiger partial charge in [-0.25, -0.2) is 0 Å². The fourth-order valence-electron chi connectivity index (χ4n) is 0.913. The van der Waals surface area contributed by atoms with Crippen molar-refractivity contribution in [2.45, 2.75) is 12.8 Å². The molecule has 0 atom stereocenters. The summed E-state index contributed by atoms with van der Waals surface area (Å²) >= 11 is 0.992. The molecule has 13 heavy (non-hydrogen) atoms. The van der Waals surface area contributed by atoms with Crippen LogP contribution < -0.4 is 5.32 Å².